The number of benzene rings is 2. The lowest BCUT2D eigenvalue weighted by molar-refractivity contribution is 0.102. The lowest BCUT2D eigenvalue weighted by atomic mass is 10.1. The molecule has 3 rings (SSSR count). The molecule has 0 bridgehead atoms. The highest BCUT2D eigenvalue weighted by Crippen LogP contribution is 2.20. The highest BCUT2D eigenvalue weighted by molar-refractivity contribution is 6.11. The van der Waals surface area contributed by atoms with Gasteiger partial charge in [-0.05, 0) is 43.5 Å². The number of rotatable bonds is 6. The van der Waals surface area contributed by atoms with E-state index >= 15 is 0 Å². The summed E-state index contributed by atoms with van der Waals surface area (Å²) in [5.74, 6) is -0.302. The van der Waals surface area contributed by atoms with Crippen LogP contribution in [0.25, 0.3) is 10.8 Å². The number of unbranched alkanes of at least 4 members (excludes halogenated alkanes) is 2. The van der Waals surface area contributed by atoms with Crippen molar-refractivity contribution in [2.75, 3.05) is 5.32 Å². The number of aryl methyl sites for hydroxylation is 2. The molecule has 0 saturated carbocycles. The normalized spacial score (nSPS) is 10.9. The van der Waals surface area contributed by atoms with Crippen LogP contribution in [0.15, 0.2) is 47.3 Å². The van der Waals surface area contributed by atoms with E-state index in [1.165, 1.54) is 4.68 Å². The Morgan fingerprint density at radius 3 is 2.52 bits per heavy atom. The number of amides is 1. The van der Waals surface area contributed by atoms with Crippen molar-refractivity contribution in [3.05, 3.63) is 69.6 Å². The summed E-state index contributed by atoms with van der Waals surface area (Å²) in [6.07, 6.45) is 2.94. The Bertz CT molecular complexity index is 1040. The third-order valence-corrected chi connectivity index (χ3v) is 4.91. The van der Waals surface area contributed by atoms with Crippen LogP contribution in [0.4, 0.5) is 5.69 Å². The second-order valence-corrected chi connectivity index (χ2v) is 6.83. The Labute approximate surface area is 159 Å². The molecular formula is C22H25N3O2. The predicted molar refractivity (Wildman–Crippen MR) is 109 cm³/mol. The first-order chi connectivity index (χ1) is 13.0. The second-order valence-electron chi connectivity index (χ2n) is 6.83. The first-order valence-corrected chi connectivity index (χ1v) is 9.40. The number of nitrogens with one attached hydrogen (secondary N) is 1. The zero-order valence-electron chi connectivity index (χ0n) is 16.1. The van der Waals surface area contributed by atoms with E-state index < -0.39 is 0 Å². The number of fused-ring (bicyclic) bond motifs is 1. The molecule has 2 aromatic carbocycles. The van der Waals surface area contributed by atoms with Crippen LogP contribution in [-0.4, -0.2) is 15.7 Å². The molecule has 0 aliphatic rings. The monoisotopic (exact) mass is 363 g/mol. The number of nitrogens with zero attached hydrogens (tertiary/aromatic N) is 2. The molecule has 1 aromatic heterocycles. The van der Waals surface area contributed by atoms with Gasteiger partial charge in [-0.1, -0.05) is 50.1 Å². The summed E-state index contributed by atoms with van der Waals surface area (Å²) >= 11 is 0. The molecule has 27 heavy (non-hydrogen) atoms. The molecule has 0 atom stereocenters. The van der Waals surface area contributed by atoms with Gasteiger partial charge in [-0.15, -0.1) is 0 Å². The highest BCUT2D eigenvalue weighted by Gasteiger charge is 2.17. The number of carbonyl (C=O) groups excluding carboxylic acids is 1. The summed E-state index contributed by atoms with van der Waals surface area (Å²) < 4.78 is 1.43. The summed E-state index contributed by atoms with van der Waals surface area (Å²) in [7, 11) is 0. The van der Waals surface area contributed by atoms with Crippen molar-refractivity contribution in [1.82, 2.24) is 9.78 Å². The molecule has 5 nitrogen and oxygen atoms in total. The molecule has 0 saturated heterocycles. The Hall–Kier alpha value is -2.95. The Morgan fingerprint density at radius 1 is 1.04 bits per heavy atom. The van der Waals surface area contributed by atoms with Crippen molar-refractivity contribution in [3.63, 3.8) is 0 Å². The van der Waals surface area contributed by atoms with E-state index in [1.54, 1.807) is 12.1 Å². The highest BCUT2D eigenvalue weighted by atomic mass is 16.2. The van der Waals surface area contributed by atoms with Gasteiger partial charge in [0.25, 0.3) is 11.5 Å². The van der Waals surface area contributed by atoms with Gasteiger partial charge in [-0.25, -0.2) is 4.68 Å². The van der Waals surface area contributed by atoms with Gasteiger partial charge < -0.3 is 5.32 Å². The van der Waals surface area contributed by atoms with Gasteiger partial charge in [0.05, 0.1) is 5.39 Å². The molecule has 1 amide bonds. The zero-order valence-corrected chi connectivity index (χ0v) is 16.1. The van der Waals surface area contributed by atoms with E-state index in [2.05, 4.69) is 17.3 Å². The fraction of sp³-hybridized carbons (Fsp3) is 0.318. The van der Waals surface area contributed by atoms with Crippen molar-refractivity contribution in [2.24, 2.45) is 0 Å². The van der Waals surface area contributed by atoms with Crippen molar-refractivity contribution >= 4 is 22.4 Å². The summed E-state index contributed by atoms with van der Waals surface area (Å²) in [5, 5.41) is 8.47. The molecule has 1 heterocycles. The van der Waals surface area contributed by atoms with Crippen LogP contribution >= 0.6 is 0 Å². The average molecular weight is 363 g/mol. The standard InChI is InChI=1S/C22H25N3O2/c1-4-5-8-14-25-22(27)18-12-7-6-11-17(18)20(24-25)21(26)23-19-13-9-10-15(2)16(19)3/h6-7,9-13H,4-5,8,14H2,1-3H3,(H,23,26). The molecule has 1 N–H and O–H groups in total. The van der Waals surface area contributed by atoms with Crippen LogP contribution in [-0.2, 0) is 6.54 Å². The fourth-order valence-electron chi connectivity index (χ4n) is 3.13. The third-order valence-electron chi connectivity index (χ3n) is 4.91. The minimum atomic E-state index is -0.302. The summed E-state index contributed by atoms with van der Waals surface area (Å²) in [4.78, 5) is 25.7. The smallest absolute Gasteiger partial charge is 0.276 e. The molecule has 0 fully saturated rings. The van der Waals surface area contributed by atoms with Crippen LogP contribution in [0, 0.1) is 13.8 Å². The number of hydrogen-bond donors (Lipinski definition) is 1. The van der Waals surface area contributed by atoms with E-state index in [-0.39, 0.29) is 17.2 Å². The van der Waals surface area contributed by atoms with Gasteiger partial charge >= 0.3 is 0 Å². The van der Waals surface area contributed by atoms with Crippen LogP contribution in [0.3, 0.4) is 0 Å². The molecule has 0 unspecified atom stereocenters. The van der Waals surface area contributed by atoms with Crippen molar-refractivity contribution in [1.29, 1.82) is 0 Å². The van der Waals surface area contributed by atoms with Crippen molar-refractivity contribution < 1.29 is 4.79 Å². The second kappa shape index (κ2) is 8.16. The first kappa shape index (κ1) is 18.8. The summed E-state index contributed by atoms with van der Waals surface area (Å²) in [5.41, 5.74) is 3.02. The van der Waals surface area contributed by atoms with Gasteiger partial charge in [0, 0.05) is 17.6 Å². The lowest BCUT2D eigenvalue weighted by Crippen LogP contribution is -2.28. The molecule has 0 aliphatic carbocycles. The predicted octanol–water partition coefficient (Wildman–Crippen LogP) is 4.46. The van der Waals surface area contributed by atoms with Gasteiger partial charge in [0.15, 0.2) is 5.69 Å². The first-order valence-electron chi connectivity index (χ1n) is 9.40. The maximum atomic E-state index is 13.0. The number of hydrogen-bond acceptors (Lipinski definition) is 3. The van der Waals surface area contributed by atoms with Gasteiger partial charge in [0.2, 0.25) is 0 Å². The average Bonchev–Trinajstić information content (AvgIpc) is 2.67. The van der Waals surface area contributed by atoms with E-state index in [0.29, 0.717) is 17.3 Å². The molecule has 0 aliphatic heterocycles. The molecule has 0 spiro atoms. The molecule has 5 heteroatoms. The molecule has 3 aromatic rings. The number of carbonyl (C=O) groups is 1. The van der Waals surface area contributed by atoms with E-state index in [4.69, 9.17) is 0 Å². The van der Waals surface area contributed by atoms with Crippen LogP contribution in [0.2, 0.25) is 0 Å². The quantitative estimate of drug-likeness (QED) is 0.658. The van der Waals surface area contributed by atoms with Crippen molar-refractivity contribution in [3.8, 4) is 0 Å². The minimum absolute atomic E-state index is 0.148. The molecule has 140 valence electrons. The lowest BCUT2D eigenvalue weighted by Gasteiger charge is -2.13. The van der Waals surface area contributed by atoms with Gasteiger partial charge in [0.1, 0.15) is 0 Å². The SMILES string of the molecule is CCCCCn1nc(C(=O)Nc2cccc(C)c2C)c2ccccc2c1=O. The maximum absolute atomic E-state index is 13.0. The van der Waals surface area contributed by atoms with Gasteiger partial charge in [-0.2, -0.15) is 5.10 Å². The number of anilines is 1. The zero-order chi connectivity index (χ0) is 19.4. The van der Waals surface area contributed by atoms with Crippen LogP contribution in [0.5, 0.6) is 0 Å². The van der Waals surface area contributed by atoms with E-state index in [0.717, 1.165) is 36.1 Å². The van der Waals surface area contributed by atoms with E-state index in [9.17, 15) is 9.59 Å². The molecule has 0 radical (unpaired) electrons. The summed E-state index contributed by atoms with van der Waals surface area (Å²) in [6.45, 7) is 6.61. The fourth-order valence-corrected chi connectivity index (χ4v) is 3.13. The summed E-state index contributed by atoms with van der Waals surface area (Å²) in [6, 6.07) is 13.0. The Balaban J connectivity index is 2.04. The largest absolute Gasteiger partial charge is 0.320 e. The number of aromatic nitrogens is 2. The van der Waals surface area contributed by atoms with Crippen LogP contribution < -0.4 is 10.9 Å². The van der Waals surface area contributed by atoms with Crippen LogP contribution in [0.1, 0.15) is 47.8 Å². The Kier molecular flexibility index (Phi) is 5.69. The van der Waals surface area contributed by atoms with Gasteiger partial charge in [-0.3, -0.25) is 9.59 Å². The topological polar surface area (TPSA) is 64.0 Å². The van der Waals surface area contributed by atoms with E-state index in [1.807, 2.05) is 44.2 Å². The van der Waals surface area contributed by atoms with Crippen molar-refractivity contribution in [2.45, 2.75) is 46.6 Å². The Morgan fingerprint density at radius 2 is 1.78 bits per heavy atom. The minimum Gasteiger partial charge on any atom is -0.320 e. The molecular weight excluding hydrogens is 338 g/mol. The third kappa shape index (κ3) is 3.92. The maximum Gasteiger partial charge on any atom is 0.276 e.